The average Bonchev–Trinajstić information content (AvgIpc) is 2.76. The molecule has 2 rings (SSSR count). The molecule has 0 amide bonds. The highest BCUT2D eigenvalue weighted by molar-refractivity contribution is 7.11. The fourth-order valence-electron chi connectivity index (χ4n) is 1.61. The molecule has 0 saturated heterocycles. The first-order valence-electron chi connectivity index (χ1n) is 5.33. The van der Waals surface area contributed by atoms with Gasteiger partial charge in [-0.15, -0.1) is 11.3 Å². The molecule has 0 radical (unpaired) electrons. The third-order valence-corrected chi connectivity index (χ3v) is 3.91. The van der Waals surface area contributed by atoms with Gasteiger partial charge in [-0.2, -0.15) is 13.2 Å². The summed E-state index contributed by atoms with van der Waals surface area (Å²) in [7, 11) is 0. The lowest BCUT2D eigenvalue weighted by Crippen LogP contribution is -2.21. The average molecular weight is 309 g/mol. The Labute approximate surface area is 114 Å². The predicted octanol–water partition coefficient (Wildman–Crippen LogP) is 3.70. The first-order chi connectivity index (χ1) is 9.10. The molecule has 1 aromatic heterocycles. The maximum absolute atomic E-state index is 13.1. The van der Waals surface area contributed by atoms with Gasteiger partial charge in [-0.1, -0.05) is 0 Å². The molecule has 0 aliphatic rings. The molecule has 1 unspecified atom stereocenters. The summed E-state index contributed by atoms with van der Waals surface area (Å²) in [6, 6.07) is 2.32. The van der Waals surface area contributed by atoms with Crippen molar-refractivity contribution >= 4 is 11.3 Å². The maximum atomic E-state index is 13.1. The zero-order chi connectivity index (χ0) is 15.1. The smallest absolute Gasteiger partial charge is 0.380 e. The molecule has 1 N–H and O–H groups in total. The standard InChI is InChI=1S/C12H8F5NOS/c1-11(19,6-2-7(13)4-8(14)3-6)9-5-18-10(20-9)12(15,16)17/h2-5,19H,1H3. The van der Waals surface area contributed by atoms with Gasteiger partial charge in [-0.3, -0.25) is 0 Å². The molecule has 20 heavy (non-hydrogen) atoms. The summed E-state index contributed by atoms with van der Waals surface area (Å²) in [5.41, 5.74) is -2.16. The molecule has 1 aromatic carbocycles. The topological polar surface area (TPSA) is 33.1 Å². The summed E-state index contributed by atoms with van der Waals surface area (Å²) >= 11 is 0.222. The molecule has 0 spiro atoms. The van der Waals surface area contributed by atoms with Crippen LogP contribution in [0.3, 0.4) is 0 Å². The number of hydrogen-bond acceptors (Lipinski definition) is 3. The first-order valence-corrected chi connectivity index (χ1v) is 6.15. The van der Waals surface area contributed by atoms with Crippen molar-refractivity contribution in [3.05, 3.63) is 51.5 Å². The molecular weight excluding hydrogens is 301 g/mol. The van der Waals surface area contributed by atoms with Gasteiger partial charge in [-0.05, 0) is 24.6 Å². The summed E-state index contributed by atoms with van der Waals surface area (Å²) in [5.74, 6) is -1.86. The molecule has 2 nitrogen and oxygen atoms in total. The van der Waals surface area contributed by atoms with Crippen LogP contribution in [0, 0.1) is 11.6 Å². The fraction of sp³-hybridized carbons (Fsp3) is 0.250. The van der Waals surface area contributed by atoms with Crippen molar-refractivity contribution in [2.75, 3.05) is 0 Å². The lowest BCUT2D eigenvalue weighted by atomic mass is 9.95. The summed E-state index contributed by atoms with van der Waals surface area (Å²) in [6.07, 6.45) is -3.79. The third kappa shape index (κ3) is 2.80. The second-order valence-corrected chi connectivity index (χ2v) is 5.29. The number of aliphatic hydroxyl groups is 1. The summed E-state index contributed by atoms with van der Waals surface area (Å²) in [4.78, 5) is 3.01. The normalized spacial score (nSPS) is 15.2. The zero-order valence-corrected chi connectivity index (χ0v) is 10.8. The Morgan fingerprint density at radius 2 is 1.65 bits per heavy atom. The van der Waals surface area contributed by atoms with Gasteiger partial charge in [0.1, 0.15) is 17.2 Å². The minimum absolute atomic E-state index is 0.158. The number of aromatic nitrogens is 1. The molecule has 1 heterocycles. The molecule has 0 aliphatic carbocycles. The molecule has 108 valence electrons. The van der Waals surface area contributed by atoms with E-state index in [2.05, 4.69) is 4.98 Å². The number of rotatable bonds is 2. The monoisotopic (exact) mass is 309 g/mol. The van der Waals surface area contributed by atoms with Crippen LogP contribution in [0.25, 0.3) is 0 Å². The van der Waals surface area contributed by atoms with Gasteiger partial charge in [0.05, 0.1) is 4.88 Å². The molecule has 1 atom stereocenters. The minimum Gasteiger partial charge on any atom is -0.380 e. The maximum Gasteiger partial charge on any atom is 0.443 e. The quantitative estimate of drug-likeness (QED) is 0.858. The van der Waals surface area contributed by atoms with Crippen molar-refractivity contribution in [1.29, 1.82) is 0 Å². The summed E-state index contributed by atoms with van der Waals surface area (Å²) < 4.78 is 63.6. The van der Waals surface area contributed by atoms with Gasteiger partial charge in [0, 0.05) is 12.3 Å². The van der Waals surface area contributed by atoms with Crippen molar-refractivity contribution in [2.45, 2.75) is 18.7 Å². The first kappa shape index (κ1) is 14.9. The highest BCUT2D eigenvalue weighted by atomic mass is 32.1. The van der Waals surface area contributed by atoms with E-state index in [0.717, 1.165) is 25.3 Å². The minimum atomic E-state index is -4.63. The van der Waals surface area contributed by atoms with E-state index in [1.54, 1.807) is 0 Å². The molecule has 0 bridgehead atoms. The Hall–Kier alpha value is -1.54. The van der Waals surface area contributed by atoms with Crippen molar-refractivity contribution in [2.24, 2.45) is 0 Å². The van der Waals surface area contributed by atoms with Crippen LogP contribution in [0.4, 0.5) is 22.0 Å². The van der Waals surface area contributed by atoms with Crippen molar-refractivity contribution in [3.8, 4) is 0 Å². The highest BCUT2D eigenvalue weighted by Gasteiger charge is 2.37. The zero-order valence-electron chi connectivity index (χ0n) is 10.0. The van der Waals surface area contributed by atoms with E-state index in [1.807, 2.05) is 0 Å². The Bertz CT molecular complexity index is 615. The van der Waals surface area contributed by atoms with Crippen LogP contribution >= 0.6 is 11.3 Å². The lowest BCUT2D eigenvalue weighted by Gasteiger charge is -2.22. The van der Waals surface area contributed by atoms with E-state index in [4.69, 9.17) is 0 Å². The van der Waals surface area contributed by atoms with E-state index >= 15 is 0 Å². The lowest BCUT2D eigenvalue weighted by molar-refractivity contribution is -0.137. The molecule has 0 fully saturated rings. The Balaban J connectivity index is 2.46. The third-order valence-electron chi connectivity index (χ3n) is 2.65. The number of nitrogens with zero attached hydrogens (tertiary/aromatic N) is 1. The van der Waals surface area contributed by atoms with Crippen LogP contribution in [-0.4, -0.2) is 10.1 Å². The van der Waals surface area contributed by atoms with E-state index in [-0.39, 0.29) is 21.8 Å². The van der Waals surface area contributed by atoms with Crippen molar-refractivity contribution in [1.82, 2.24) is 4.98 Å². The summed E-state index contributed by atoms with van der Waals surface area (Å²) in [6.45, 7) is 1.15. The molecule has 2 aromatic rings. The number of benzene rings is 1. The van der Waals surface area contributed by atoms with Gasteiger partial charge in [0.15, 0.2) is 5.01 Å². The molecular formula is C12H8F5NOS. The molecule has 8 heteroatoms. The Morgan fingerprint density at radius 3 is 2.10 bits per heavy atom. The molecule has 0 saturated carbocycles. The molecule has 0 aliphatic heterocycles. The number of hydrogen-bond donors (Lipinski definition) is 1. The van der Waals surface area contributed by atoms with Crippen LogP contribution in [0.5, 0.6) is 0 Å². The summed E-state index contributed by atoms with van der Waals surface area (Å²) in [5, 5.41) is 9.12. The van der Waals surface area contributed by atoms with Gasteiger partial charge >= 0.3 is 6.18 Å². The van der Waals surface area contributed by atoms with Gasteiger partial charge in [0.2, 0.25) is 0 Å². The second kappa shape index (κ2) is 4.78. The number of thiazole rings is 1. The van der Waals surface area contributed by atoms with Crippen molar-refractivity contribution in [3.63, 3.8) is 0 Å². The highest BCUT2D eigenvalue weighted by Crippen LogP contribution is 2.38. The van der Waals surface area contributed by atoms with E-state index < -0.39 is 28.4 Å². The SMILES string of the molecule is CC(O)(c1cc(F)cc(F)c1)c1cnc(C(F)(F)F)s1. The van der Waals surface area contributed by atoms with Gasteiger partial charge in [-0.25, -0.2) is 13.8 Å². The van der Waals surface area contributed by atoms with Crippen LogP contribution in [0.2, 0.25) is 0 Å². The number of alkyl halides is 3. The van der Waals surface area contributed by atoms with E-state index in [1.165, 1.54) is 0 Å². The number of halogens is 5. The second-order valence-electron chi connectivity index (χ2n) is 4.26. The van der Waals surface area contributed by atoms with Gasteiger partial charge in [0.25, 0.3) is 0 Å². The largest absolute Gasteiger partial charge is 0.443 e. The van der Waals surface area contributed by atoms with Crippen LogP contribution in [-0.2, 0) is 11.8 Å². The van der Waals surface area contributed by atoms with E-state index in [0.29, 0.717) is 6.07 Å². The van der Waals surface area contributed by atoms with Crippen molar-refractivity contribution < 1.29 is 27.1 Å². The van der Waals surface area contributed by atoms with Gasteiger partial charge < -0.3 is 5.11 Å². The van der Waals surface area contributed by atoms with E-state index in [9.17, 15) is 27.1 Å². The Kier molecular flexibility index (Phi) is 3.55. The Morgan fingerprint density at radius 1 is 1.10 bits per heavy atom. The van der Waals surface area contributed by atoms with Crippen LogP contribution in [0.1, 0.15) is 22.4 Å². The fourth-order valence-corrected chi connectivity index (χ4v) is 2.46. The van der Waals surface area contributed by atoms with Crippen LogP contribution < -0.4 is 0 Å². The predicted molar refractivity (Wildman–Crippen MR) is 62.1 cm³/mol. The van der Waals surface area contributed by atoms with Crippen LogP contribution in [0.15, 0.2) is 24.4 Å².